The third kappa shape index (κ3) is 4.86. The van der Waals surface area contributed by atoms with Gasteiger partial charge in [0.05, 0.1) is 0 Å². The summed E-state index contributed by atoms with van der Waals surface area (Å²) in [7, 11) is -1.12. The highest BCUT2D eigenvalue weighted by molar-refractivity contribution is 8.33. The molecule has 0 bridgehead atoms. The van der Waals surface area contributed by atoms with Crippen LogP contribution in [0.25, 0.3) is 50.4 Å². The van der Waals surface area contributed by atoms with E-state index < -0.39 is 10.0 Å². The van der Waals surface area contributed by atoms with Gasteiger partial charge in [-0.05, 0) is 67.8 Å². The highest BCUT2D eigenvalue weighted by Gasteiger charge is 2.33. The molecule has 6 heteroatoms. The minimum atomic E-state index is -1.12. The van der Waals surface area contributed by atoms with Crippen molar-refractivity contribution in [3.8, 4) is 33.9 Å². The molecular formula is C38H33ClN4S. The molecule has 4 nitrogen and oxygen atoms in total. The Balaban J connectivity index is 1.34. The van der Waals surface area contributed by atoms with Crippen LogP contribution in [0, 0.1) is 0 Å². The van der Waals surface area contributed by atoms with E-state index >= 15 is 0 Å². The fraction of sp³-hybridized carbons (Fsp3) is 0.132. The second-order valence-electron chi connectivity index (χ2n) is 11.5. The summed E-state index contributed by atoms with van der Waals surface area (Å²) in [6, 6.07) is 33.5. The van der Waals surface area contributed by atoms with Gasteiger partial charge in [-0.3, -0.25) is 0 Å². The average Bonchev–Trinajstić information content (AvgIpc) is 3.58. The molecule has 1 aliphatic heterocycles. The number of allylic oxidation sites excluding steroid dienone is 4. The number of halogens is 1. The van der Waals surface area contributed by atoms with Crippen molar-refractivity contribution < 1.29 is 0 Å². The van der Waals surface area contributed by atoms with Crippen molar-refractivity contribution in [3.63, 3.8) is 0 Å². The van der Waals surface area contributed by atoms with Gasteiger partial charge in [0, 0.05) is 54.7 Å². The number of benzene rings is 4. The largest absolute Gasteiger partial charge is 0.341 e. The lowest BCUT2D eigenvalue weighted by Crippen LogP contribution is -2.05. The van der Waals surface area contributed by atoms with E-state index in [2.05, 4.69) is 84.8 Å². The molecule has 7 rings (SSSR count). The molecule has 0 saturated carbocycles. The molecular weight excluding hydrogens is 580 g/mol. The molecule has 218 valence electrons. The van der Waals surface area contributed by atoms with Gasteiger partial charge in [0.25, 0.3) is 0 Å². The second-order valence-corrected chi connectivity index (χ2v) is 15.4. The van der Waals surface area contributed by atoms with E-state index in [0.717, 1.165) is 16.7 Å². The SMILES string of the molecule is C/C=C\C(=C/C(C)n1ccc2c3c(ccc21)-c1ccccc1S3(C)C)c1nc(-c2ccccc2)nc(-c2cccc(Cl)c2)n1. The molecule has 0 radical (unpaired) electrons. The highest BCUT2D eigenvalue weighted by Crippen LogP contribution is 2.68. The van der Waals surface area contributed by atoms with E-state index in [0.29, 0.717) is 22.5 Å². The molecule has 1 atom stereocenters. The summed E-state index contributed by atoms with van der Waals surface area (Å²) in [5.74, 6) is 1.84. The first-order chi connectivity index (χ1) is 21.3. The Labute approximate surface area is 265 Å². The first kappa shape index (κ1) is 28.3. The topological polar surface area (TPSA) is 43.6 Å². The molecule has 6 aromatic rings. The monoisotopic (exact) mass is 612 g/mol. The molecule has 0 saturated heterocycles. The molecule has 0 spiro atoms. The number of hydrogen-bond acceptors (Lipinski definition) is 3. The maximum Gasteiger partial charge on any atom is 0.164 e. The molecule has 44 heavy (non-hydrogen) atoms. The predicted octanol–water partition coefficient (Wildman–Crippen LogP) is 10.5. The average molecular weight is 613 g/mol. The van der Waals surface area contributed by atoms with Gasteiger partial charge in [0.2, 0.25) is 0 Å². The van der Waals surface area contributed by atoms with Crippen molar-refractivity contribution in [1.82, 2.24) is 19.5 Å². The van der Waals surface area contributed by atoms with E-state index in [1.54, 1.807) is 0 Å². The summed E-state index contributed by atoms with van der Waals surface area (Å²) >= 11 is 6.36. The lowest BCUT2D eigenvalue weighted by molar-refractivity contribution is 0.688. The van der Waals surface area contributed by atoms with Gasteiger partial charge in [0.15, 0.2) is 17.5 Å². The van der Waals surface area contributed by atoms with Gasteiger partial charge in [0.1, 0.15) is 0 Å². The molecule has 0 N–H and O–H groups in total. The van der Waals surface area contributed by atoms with E-state index in [1.165, 1.54) is 31.8 Å². The van der Waals surface area contributed by atoms with Gasteiger partial charge < -0.3 is 4.57 Å². The van der Waals surface area contributed by atoms with Gasteiger partial charge >= 0.3 is 0 Å². The first-order valence-corrected chi connectivity index (χ1v) is 17.6. The Hall–Kier alpha value is -4.45. The van der Waals surface area contributed by atoms with Crippen LogP contribution in [-0.2, 0) is 0 Å². The summed E-state index contributed by atoms with van der Waals surface area (Å²) in [6.45, 7) is 4.24. The van der Waals surface area contributed by atoms with Crippen molar-refractivity contribution in [2.45, 2.75) is 29.7 Å². The van der Waals surface area contributed by atoms with Crippen LogP contribution in [-0.4, -0.2) is 32.0 Å². The van der Waals surface area contributed by atoms with E-state index in [1.807, 2.05) is 67.6 Å². The van der Waals surface area contributed by atoms with Crippen LogP contribution < -0.4 is 0 Å². The summed E-state index contributed by atoms with van der Waals surface area (Å²) in [4.78, 5) is 17.8. The molecule has 1 unspecified atom stereocenters. The van der Waals surface area contributed by atoms with Crippen molar-refractivity contribution in [2.24, 2.45) is 0 Å². The van der Waals surface area contributed by atoms with Crippen LogP contribution in [0.2, 0.25) is 5.02 Å². The fourth-order valence-electron chi connectivity index (χ4n) is 6.27. The summed E-state index contributed by atoms with van der Waals surface area (Å²) in [5, 5.41) is 1.98. The minimum absolute atomic E-state index is 0.0465. The molecule has 0 aliphatic carbocycles. The van der Waals surface area contributed by atoms with E-state index in [4.69, 9.17) is 26.6 Å². The maximum atomic E-state index is 6.36. The number of fused-ring (bicyclic) bond motifs is 5. The Morgan fingerprint density at radius 3 is 2.30 bits per heavy atom. The normalized spacial score (nSPS) is 15.3. The van der Waals surface area contributed by atoms with Gasteiger partial charge in [-0.15, -0.1) is 0 Å². The van der Waals surface area contributed by atoms with Crippen molar-refractivity contribution >= 4 is 38.1 Å². The Kier molecular flexibility index (Phi) is 7.23. The molecule has 0 amide bonds. The van der Waals surface area contributed by atoms with Crippen LogP contribution >= 0.6 is 21.6 Å². The summed E-state index contributed by atoms with van der Waals surface area (Å²) in [6.07, 6.45) is 13.4. The Morgan fingerprint density at radius 2 is 1.52 bits per heavy atom. The lowest BCUT2D eigenvalue weighted by Gasteiger charge is -2.29. The standard InChI is InChI=1S/C38H33ClN4S/c1-5-12-27(37-40-36(26-13-7-6-8-14-26)41-38(42-37)28-15-11-16-29(39)24-28)23-25(2)43-22-21-32-33(43)20-19-31-30-17-9-10-18-34(30)44(3,4)35(31)32/h5-25H,1-4H3/b12-5-,27-23+. The molecule has 0 fully saturated rings. The van der Waals surface area contributed by atoms with Crippen LogP contribution in [0.3, 0.4) is 0 Å². The Morgan fingerprint density at radius 1 is 0.795 bits per heavy atom. The van der Waals surface area contributed by atoms with Crippen molar-refractivity contribution in [1.29, 1.82) is 0 Å². The minimum Gasteiger partial charge on any atom is -0.341 e. The number of aromatic nitrogens is 4. The third-order valence-corrected chi connectivity index (χ3v) is 11.5. The first-order valence-electron chi connectivity index (χ1n) is 14.7. The van der Waals surface area contributed by atoms with E-state index in [-0.39, 0.29) is 6.04 Å². The second kappa shape index (κ2) is 11.2. The molecule has 3 heterocycles. The third-order valence-electron chi connectivity index (χ3n) is 8.30. The predicted molar refractivity (Wildman–Crippen MR) is 187 cm³/mol. The number of nitrogens with zero attached hydrogens (tertiary/aromatic N) is 4. The van der Waals surface area contributed by atoms with Crippen LogP contribution in [0.15, 0.2) is 131 Å². The van der Waals surface area contributed by atoms with E-state index in [9.17, 15) is 0 Å². The smallest absolute Gasteiger partial charge is 0.164 e. The summed E-state index contributed by atoms with van der Waals surface area (Å²) in [5.41, 5.74) is 6.70. The highest BCUT2D eigenvalue weighted by atomic mass is 35.5. The fourth-order valence-corrected chi connectivity index (χ4v) is 9.28. The van der Waals surface area contributed by atoms with Crippen molar-refractivity contribution in [3.05, 3.63) is 132 Å². The molecule has 1 aliphatic rings. The van der Waals surface area contributed by atoms with Gasteiger partial charge in [-0.1, -0.05) is 96.6 Å². The van der Waals surface area contributed by atoms with Crippen molar-refractivity contribution in [2.75, 3.05) is 12.5 Å². The van der Waals surface area contributed by atoms with Gasteiger partial charge in [-0.25, -0.2) is 15.0 Å². The van der Waals surface area contributed by atoms with Crippen LogP contribution in [0.1, 0.15) is 25.7 Å². The number of rotatable bonds is 6. The Bertz CT molecular complexity index is 2090. The van der Waals surface area contributed by atoms with Crippen LogP contribution in [0.5, 0.6) is 0 Å². The quantitative estimate of drug-likeness (QED) is 0.176. The van der Waals surface area contributed by atoms with Gasteiger partial charge in [-0.2, -0.15) is 10.0 Å². The zero-order valence-electron chi connectivity index (χ0n) is 25.2. The lowest BCUT2D eigenvalue weighted by atomic mass is 10.0. The zero-order chi connectivity index (χ0) is 30.4. The number of hydrogen-bond donors (Lipinski definition) is 0. The molecule has 4 aromatic carbocycles. The molecule has 2 aromatic heterocycles. The summed E-state index contributed by atoms with van der Waals surface area (Å²) < 4.78 is 2.36. The van der Waals surface area contributed by atoms with Crippen LogP contribution in [0.4, 0.5) is 0 Å². The zero-order valence-corrected chi connectivity index (χ0v) is 26.8. The maximum absolute atomic E-state index is 6.36.